The minimum absolute atomic E-state index is 0.00277. The highest BCUT2D eigenvalue weighted by Crippen LogP contribution is 2.75. The third-order valence-electron chi connectivity index (χ3n) is 10.4. The van der Waals surface area contributed by atoms with Crippen LogP contribution >= 0.6 is 0 Å². The summed E-state index contributed by atoms with van der Waals surface area (Å²) in [6.07, 6.45) is 8.59. The molecule has 6 atom stereocenters. The monoisotopic (exact) mass is 437 g/mol. The van der Waals surface area contributed by atoms with E-state index in [4.69, 9.17) is 0 Å². The number of likely N-dealkylation sites (tertiary alicyclic amines) is 2. The molecule has 3 saturated carbocycles. The highest BCUT2D eigenvalue weighted by molar-refractivity contribution is 5.75. The van der Waals surface area contributed by atoms with E-state index in [9.17, 15) is 15.0 Å². The number of benzene rings is 1. The molecule has 5 fully saturated rings. The van der Waals surface area contributed by atoms with Gasteiger partial charge in [0.05, 0.1) is 6.61 Å². The van der Waals surface area contributed by atoms with Crippen LogP contribution in [0.2, 0.25) is 0 Å². The summed E-state index contributed by atoms with van der Waals surface area (Å²) in [6, 6.07) is 7.04. The predicted octanol–water partition coefficient (Wildman–Crippen LogP) is 2.47. The van der Waals surface area contributed by atoms with E-state index in [1.165, 1.54) is 43.4 Å². The molecule has 7 rings (SSSR count). The molecule has 1 aromatic rings. The number of carbonyl (C=O) groups is 1. The van der Waals surface area contributed by atoms with Crippen molar-refractivity contribution >= 4 is 6.03 Å². The number of hydrogen-bond acceptors (Lipinski definition) is 4. The summed E-state index contributed by atoms with van der Waals surface area (Å²) in [5.74, 6) is 2.33. The molecule has 1 aromatic carbocycles. The van der Waals surface area contributed by atoms with Crippen LogP contribution in [0.5, 0.6) is 5.75 Å². The molecule has 172 valence electrons. The van der Waals surface area contributed by atoms with E-state index in [1.54, 1.807) is 0 Å². The van der Waals surface area contributed by atoms with Crippen molar-refractivity contribution in [3.63, 3.8) is 0 Å². The van der Waals surface area contributed by atoms with Crippen LogP contribution in [0.3, 0.4) is 0 Å². The highest BCUT2D eigenvalue weighted by Gasteiger charge is 2.76. The molecule has 6 heteroatoms. The molecular formula is C26H35N3O3. The minimum Gasteiger partial charge on any atom is -0.508 e. The van der Waals surface area contributed by atoms with E-state index in [2.05, 4.69) is 27.2 Å². The lowest BCUT2D eigenvalue weighted by atomic mass is 9.43. The quantitative estimate of drug-likeness (QED) is 0.677. The van der Waals surface area contributed by atoms with Crippen LogP contribution in [0, 0.1) is 23.2 Å². The number of aromatic hydroxyl groups is 1. The molecule has 5 unspecified atom stereocenters. The lowest BCUT2D eigenvalue weighted by Crippen LogP contribution is -2.70. The van der Waals surface area contributed by atoms with E-state index >= 15 is 0 Å². The number of nitrogens with zero attached hydrogens (tertiary/aromatic N) is 2. The molecule has 6 nitrogen and oxygen atoms in total. The van der Waals surface area contributed by atoms with Gasteiger partial charge in [-0.15, -0.1) is 0 Å². The number of urea groups is 1. The fourth-order valence-electron chi connectivity index (χ4n) is 9.44. The van der Waals surface area contributed by atoms with E-state index in [-0.39, 0.29) is 24.1 Å². The molecule has 32 heavy (non-hydrogen) atoms. The molecule has 6 aliphatic rings. The van der Waals surface area contributed by atoms with Gasteiger partial charge in [-0.3, -0.25) is 4.90 Å². The maximum Gasteiger partial charge on any atom is 0.317 e. The third-order valence-corrected chi connectivity index (χ3v) is 10.4. The Labute approximate surface area is 190 Å². The number of fused-ring (bicyclic) bond motifs is 1. The van der Waals surface area contributed by atoms with Gasteiger partial charge in [0.2, 0.25) is 0 Å². The number of hydrogen-bond donors (Lipinski definition) is 3. The Bertz CT molecular complexity index is 964. The molecule has 0 radical (unpaired) electrons. The zero-order valence-corrected chi connectivity index (χ0v) is 18.8. The first-order valence-corrected chi connectivity index (χ1v) is 12.8. The number of nitrogens with one attached hydrogen (secondary N) is 1. The van der Waals surface area contributed by atoms with Crippen molar-refractivity contribution in [3.05, 3.63) is 29.3 Å². The van der Waals surface area contributed by atoms with Gasteiger partial charge in [0.1, 0.15) is 5.75 Å². The molecule has 0 aromatic heterocycles. The molecule has 3 N–H and O–H groups in total. The second-order valence-corrected chi connectivity index (χ2v) is 11.6. The highest BCUT2D eigenvalue weighted by atomic mass is 16.3. The maximum atomic E-state index is 13.0. The Balaban J connectivity index is 1.33. The normalized spacial score (nSPS) is 41.3. The summed E-state index contributed by atoms with van der Waals surface area (Å²) < 4.78 is 0. The summed E-state index contributed by atoms with van der Waals surface area (Å²) in [6.45, 7) is 3.57. The van der Waals surface area contributed by atoms with E-state index in [1.807, 2.05) is 6.07 Å². The molecule has 2 heterocycles. The van der Waals surface area contributed by atoms with Crippen molar-refractivity contribution in [1.82, 2.24) is 15.1 Å². The summed E-state index contributed by atoms with van der Waals surface area (Å²) in [5, 5.41) is 22.6. The zero-order valence-electron chi connectivity index (χ0n) is 18.8. The second-order valence-electron chi connectivity index (χ2n) is 11.6. The molecule has 4 aliphatic carbocycles. The number of carbonyl (C=O) groups excluding carboxylic acids is 1. The van der Waals surface area contributed by atoms with Gasteiger partial charge in [0.15, 0.2) is 0 Å². The first-order chi connectivity index (χ1) is 15.6. The van der Waals surface area contributed by atoms with Gasteiger partial charge >= 0.3 is 6.03 Å². The number of phenols is 1. The summed E-state index contributed by atoms with van der Waals surface area (Å²) in [4.78, 5) is 17.9. The third kappa shape index (κ3) is 2.35. The van der Waals surface area contributed by atoms with E-state index < -0.39 is 0 Å². The van der Waals surface area contributed by atoms with E-state index in [0.717, 1.165) is 38.3 Å². The van der Waals surface area contributed by atoms with Crippen molar-refractivity contribution in [2.75, 3.05) is 32.8 Å². The van der Waals surface area contributed by atoms with Crippen molar-refractivity contribution in [3.8, 4) is 5.75 Å². The lowest BCUT2D eigenvalue weighted by Gasteiger charge is -2.66. The van der Waals surface area contributed by atoms with Gasteiger partial charge < -0.3 is 20.4 Å². The number of rotatable bonds is 4. The van der Waals surface area contributed by atoms with Gasteiger partial charge in [-0.25, -0.2) is 4.79 Å². The average molecular weight is 438 g/mol. The Morgan fingerprint density at radius 2 is 2.09 bits per heavy atom. The Morgan fingerprint density at radius 1 is 1.22 bits per heavy atom. The van der Waals surface area contributed by atoms with Crippen LogP contribution < -0.4 is 5.32 Å². The smallest absolute Gasteiger partial charge is 0.317 e. The van der Waals surface area contributed by atoms with Gasteiger partial charge in [-0.05, 0) is 97.9 Å². The van der Waals surface area contributed by atoms with Crippen LogP contribution in [0.25, 0.3) is 0 Å². The zero-order chi connectivity index (χ0) is 21.7. The average Bonchev–Trinajstić information content (AvgIpc) is 3.47. The Hall–Kier alpha value is -1.79. The molecular weight excluding hydrogens is 402 g/mol. The molecule has 2 aliphatic heterocycles. The number of aliphatic hydroxyl groups excluding tert-OH is 1. The van der Waals surface area contributed by atoms with Gasteiger partial charge in [0.25, 0.3) is 0 Å². The van der Waals surface area contributed by atoms with Gasteiger partial charge in [-0.1, -0.05) is 6.07 Å². The largest absolute Gasteiger partial charge is 0.508 e. The van der Waals surface area contributed by atoms with Crippen LogP contribution in [-0.4, -0.2) is 70.9 Å². The summed E-state index contributed by atoms with van der Waals surface area (Å²) in [5.41, 5.74) is 3.23. The number of aliphatic hydroxyl groups is 1. The van der Waals surface area contributed by atoms with Crippen molar-refractivity contribution in [1.29, 1.82) is 0 Å². The molecule has 4 bridgehead atoms. The molecule has 2 amide bonds. The van der Waals surface area contributed by atoms with Crippen molar-refractivity contribution in [2.24, 2.45) is 23.2 Å². The van der Waals surface area contributed by atoms with Crippen molar-refractivity contribution < 1.29 is 15.0 Å². The Morgan fingerprint density at radius 3 is 2.91 bits per heavy atom. The van der Waals surface area contributed by atoms with Crippen molar-refractivity contribution in [2.45, 2.75) is 62.4 Å². The van der Waals surface area contributed by atoms with Gasteiger partial charge in [-0.2, -0.15) is 0 Å². The van der Waals surface area contributed by atoms with Crippen LogP contribution in [0.15, 0.2) is 18.2 Å². The fraction of sp³-hybridized carbons (Fsp3) is 0.731. The lowest BCUT2D eigenvalue weighted by molar-refractivity contribution is -0.101. The minimum atomic E-state index is -0.0185. The van der Waals surface area contributed by atoms with Gasteiger partial charge in [0, 0.05) is 37.1 Å². The maximum absolute atomic E-state index is 13.0. The first-order valence-electron chi connectivity index (χ1n) is 12.8. The summed E-state index contributed by atoms with van der Waals surface area (Å²) in [7, 11) is 0. The van der Waals surface area contributed by atoms with E-state index in [0.29, 0.717) is 35.6 Å². The first kappa shape index (κ1) is 19.7. The fourth-order valence-corrected chi connectivity index (χ4v) is 9.44. The number of amides is 2. The van der Waals surface area contributed by atoms with Crippen LogP contribution in [-0.2, 0) is 11.8 Å². The number of phenolic OH excluding ortho intramolecular Hbond substituents is 1. The second kappa shape index (κ2) is 6.63. The predicted molar refractivity (Wildman–Crippen MR) is 120 cm³/mol. The topological polar surface area (TPSA) is 76.0 Å². The molecule has 2 saturated heterocycles. The molecule has 0 spiro atoms. The van der Waals surface area contributed by atoms with Crippen LogP contribution in [0.1, 0.15) is 49.7 Å². The standard InChI is InChI=1S/C26H35N3O3/c30-10-8-27-24(32)29-15-18-13-25-6-5-21(29)23(18)26(25)7-9-28(14-16-1-2-16)22(25)11-17-3-4-19(31)12-20(17)26/h3-4,12,16,18,21-23,30-31H,1-2,5-11,13-15H2,(H,27,32)/t18-,21?,22?,23?,25?,26?/m1/s1. The Kier molecular flexibility index (Phi) is 4.07. The summed E-state index contributed by atoms with van der Waals surface area (Å²) >= 11 is 0. The van der Waals surface area contributed by atoms with Crippen LogP contribution in [0.4, 0.5) is 4.79 Å². The SMILES string of the molecule is O=C(NCCO)N1C[C@H]2CC34CCC1C2C31CCN(CC2CC2)C4Cc2ccc(O)cc21. The number of piperidine rings is 1.